The van der Waals surface area contributed by atoms with Crippen LogP contribution in [0.3, 0.4) is 0 Å². The Labute approximate surface area is 172 Å². The number of para-hydroxylation sites is 2. The number of hydrogen-bond donors (Lipinski definition) is 0. The zero-order chi connectivity index (χ0) is 20.0. The first-order valence-electron chi connectivity index (χ1n) is 8.85. The van der Waals surface area contributed by atoms with Crippen LogP contribution in [0.15, 0.2) is 76.2 Å². The molecule has 0 saturated carbocycles. The van der Waals surface area contributed by atoms with Crippen molar-refractivity contribution in [2.75, 3.05) is 15.9 Å². The Morgan fingerprint density at radius 2 is 1.72 bits per heavy atom. The molecule has 4 aromatic rings. The van der Waals surface area contributed by atoms with Crippen molar-refractivity contribution < 1.29 is 12.8 Å². The summed E-state index contributed by atoms with van der Waals surface area (Å²) in [7, 11) is -3.88. The van der Waals surface area contributed by atoms with Crippen LogP contribution in [-0.2, 0) is 16.6 Å². The lowest BCUT2D eigenvalue weighted by Gasteiger charge is -2.20. The van der Waals surface area contributed by atoms with Crippen molar-refractivity contribution in [3.8, 4) is 0 Å². The van der Waals surface area contributed by atoms with E-state index in [2.05, 4.69) is 9.97 Å². The molecule has 5 rings (SSSR count). The highest BCUT2D eigenvalue weighted by atomic mass is 35.5. The van der Waals surface area contributed by atoms with Gasteiger partial charge in [-0.1, -0.05) is 29.8 Å². The quantitative estimate of drug-likeness (QED) is 0.489. The van der Waals surface area contributed by atoms with Crippen LogP contribution in [0, 0.1) is 0 Å². The van der Waals surface area contributed by atoms with Gasteiger partial charge in [-0.3, -0.25) is 0 Å². The molecule has 0 atom stereocenters. The summed E-state index contributed by atoms with van der Waals surface area (Å²) in [5.74, 6) is 1.48. The summed E-state index contributed by atoms with van der Waals surface area (Å²) in [5, 5.41) is 0.350. The lowest BCUT2D eigenvalue weighted by molar-refractivity contribution is 0.503. The number of sulfonamides is 1. The van der Waals surface area contributed by atoms with Gasteiger partial charge < -0.3 is 9.32 Å². The van der Waals surface area contributed by atoms with E-state index in [9.17, 15) is 8.42 Å². The molecule has 7 nitrogen and oxygen atoms in total. The molecule has 3 heterocycles. The number of benzene rings is 2. The Hall–Kier alpha value is -3.10. The molecule has 0 spiro atoms. The average molecular weight is 427 g/mol. The van der Waals surface area contributed by atoms with E-state index in [1.807, 2.05) is 35.2 Å². The van der Waals surface area contributed by atoms with Gasteiger partial charge in [-0.2, -0.15) is 0 Å². The van der Waals surface area contributed by atoms with Gasteiger partial charge in [0.1, 0.15) is 12.4 Å². The smallest absolute Gasteiger partial charge is 0.267 e. The average Bonchev–Trinajstić information content (AvgIpc) is 3.35. The van der Waals surface area contributed by atoms with E-state index in [0.717, 1.165) is 0 Å². The van der Waals surface area contributed by atoms with Crippen molar-refractivity contribution in [2.45, 2.75) is 11.4 Å². The molecule has 0 N–H and O–H groups in total. The number of halogens is 1. The van der Waals surface area contributed by atoms with Gasteiger partial charge in [-0.15, -0.1) is 0 Å². The van der Waals surface area contributed by atoms with Gasteiger partial charge >= 0.3 is 0 Å². The Morgan fingerprint density at radius 3 is 2.41 bits per heavy atom. The van der Waals surface area contributed by atoms with Gasteiger partial charge in [0.15, 0.2) is 11.6 Å². The summed E-state index contributed by atoms with van der Waals surface area (Å²) in [4.78, 5) is 11.2. The maximum atomic E-state index is 13.4. The molecule has 0 radical (unpaired) electrons. The van der Waals surface area contributed by atoms with E-state index < -0.39 is 10.0 Å². The van der Waals surface area contributed by atoms with Crippen molar-refractivity contribution >= 4 is 44.3 Å². The van der Waals surface area contributed by atoms with Crippen molar-refractivity contribution in [3.63, 3.8) is 0 Å². The number of hydrogen-bond acceptors (Lipinski definition) is 6. The fourth-order valence-electron chi connectivity index (χ4n) is 3.31. The largest absolute Gasteiger partial charge is 0.467 e. The minimum Gasteiger partial charge on any atom is -0.467 e. The van der Waals surface area contributed by atoms with Crippen molar-refractivity contribution in [2.24, 2.45) is 0 Å². The number of fused-ring (bicyclic) bond motifs is 2. The van der Waals surface area contributed by atoms with Crippen molar-refractivity contribution in [3.05, 3.63) is 77.7 Å². The third kappa shape index (κ3) is 3.10. The van der Waals surface area contributed by atoms with Gasteiger partial charge in [0.2, 0.25) is 0 Å². The van der Waals surface area contributed by atoms with Crippen LogP contribution in [0.5, 0.6) is 0 Å². The first kappa shape index (κ1) is 18.0. The highest BCUT2D eigenvalue weighted by Gasteiger charge is 2.38. The first-order chi connectivity index (χ1) is 14.0. The van der Waals surface area contributed by atoms with E-state index in [0.29, 0.717) is 34.2 Å². The second-order valence-electron chi connectivity index (χ2n) is 6.59. The standard InChI is InChI=1S/C20H15ClN4O3S/c21-14-5-3-7-16(11-14)29(26,27)25-13-24(12-15-6-4-10-28-15)19-20(25)23-18-9-2-1-8-17(18)22-19/h1-11H,12-13H2. The second kappa shape index (κ2) is 6.75. The Morgan fingerprint density at radius 1 is 0.966 bits per heavy atom. The Balaban J connectivity index is 1.65. The third-order valence-corrected chi connectivity index (χ3v) is 6.63. The molecular formula is C20H15ClN4O3S. The minimum absolute atomic E-state index is 0.0706. The summed E-state index contributed by atoms with van der Waals surface area (Å²) in [5.41, 5.74) is 1.31. The molecule has 0 saturated heterocycles. The number of nitrogens with zero attached hydrogens (tertiary/aromatic N) is 4. The molecule has 0 amide bonds. The lowest BCUT2D eigenvalue weighted by atomic mass is 10.3. The molecule has 1 aliphatic heterocycles. The van der Waals surface area contributed by atoms with E-state index in [4.69, 9.17) is 16.0 Å². The van der Waals surface area contributed by atoms with Crippen LogP contribution in [0.1, 0.15) is 5.76 Å². The van der Waals surface area contributed by atoms with Crippen LogP contribution in [0.25, 0.3) is 11.0 Å². The number of anilines is 2. The van der Waals surface area contributed by atoms with Crippen molar-refractivity contribution in [1.29, 1.82) is 0 Å². The molecular weight excluding hydrogens is 412 g/mol. The fourth-order valence-corrected chi connectivity index (χ4v) is 4.99. The Kier molecular flexibility index (Phi) is 4.18. The van der Waals surface area contributed by atoms with Crippen LogP contribution >= 0.6 is 11.6 Å². The molecule has 0 aliphatic carbocycles. The van der Waals surface area contributed by atoms with E-state index in [-0.39, 0.29) is 17.4 Å². The van der Waals surface area contributed by atoms with Gasteiger partial charge in [0.25, 0.3) is 10.0 Å². The van der Waals surface area contributed by atoms with Gasteiger partial charge in [0.05, 0.1) is 28.7 Å². The zero-order valence-electron chi connectivity index (χ0n) is 15.1. The third-order valence-electron chi connectivity index (χ3n) is 4.68. The van der Waals surface area contributed by atoms with Gasteiger partial charge in [0, 0.05) is 5.02 Å². The molecule has 0 fully saturated rings. The predicted molar refractivity (Wildman–Crippen MR) is 110 cm³/mol. The summed E-state index contributed by atoms with van der Waals surface area (Å²) >= 11 is 6.03. The summed E-state index contributed by atoms with van der Waals surface area (Å²) in [6.45, 7) is 0.440. The monoisotopic (exact) mass is 426 g/mol. The van der Waals surface area contributed by atoms with Crippen LogP contribution in [0.2, 0.25) is 5.02 Å². The lowest BCUT2D eigenvalue weighted by Crippen LogP contribution is -2.35. The molecule has 0 unspecified atom stereocenters. The van der Waals surface area contributed by atoms with Crippen molar-refractivity contribution in [1.82, 2.24) is 9.97 Å². The van der Waals surface area contributed by atoms with Crippen LogP contribution in [0.4, 0.5) is 11.6 Å². The van der Waals surface area contributed by atoms with Gasteiger partial charge in [-0.25, -0.2) is 22.7 Å². The van der Waals surface area contributed by atoms with Crippen LogP contribution in [-0.4, -0.2) is 25.1 Å². The van der Waals surface area contributed by atoms with E-state index in [1.165, 1.54) is 16.4 Å². The maximum Gasteiger partial charge on any atom is 0.267 e. The predicted octanol–water partition coefficient (Wildman–Crippen LogP) is 4.05. The molecule has 29 heavy (non-hydrogen) atoms. The minimum atomic E-state index is -3.88. The molecule has 1 aliphatic rings. The van der Waals surface area contributed by atoms with E-state index in [1.54, 1.807) is 24.5 Å². The first-order valence-corrected chi connectivity index (χ1v) is 10.7. The maximum absolute atomic E-state index is 13.4. The number of furan rings is 1. The molecule has 146 valence electrons. The highest BCUT2D eigenvalue weighted by Crippen LogP contribution is 2.38. The summed E-state index contributed by atoms with van der Waals surface area (Å²) in [6, 6.07) is 17.2. The molecule has 2 aromatic heterocycles. The van der Waals surface area contributed by atoms with E-state index >= 15 is 0 Å². The molecule has 2 aromatic carbocycles. The molecule has 9 heteroatoms. The van der Waals surface area contributed by atoms with Crippen LogP contribution < -0.4 is 9.21 Å². The SMILES string of the molecule is O=S(=O)(c1cccc(Cl)c1)N1CN(Cc2ccco2)c2nc3ccccc3nc21. The zero-order valence-corrected chi connectivity index (χ0v) is 16.6. The fraction of sp³-hybridized carbons (Fsp3) is 0.100. The topological polar surface area (TPSA) is 79.5 Å². The second-order valence-corrected chi connectivity index (χ2v) is 8.89. The number of aromatic nitrogens is 2. The number of rotatable bonds is 4. The highest BCUT2D eigenvalue weighted by molar-refractivity contribution is 7.92. The molecule has 0 bridgehead atoms. The summed E-state index contributed by atoms with van der Waals surface area (Å²) < 4.78 is 33.5. The normalized spacial score (nSPS) is 13.8. The van der Waals surface area contributed by atoms with Gasteiger partial charge in [-0.05, 0) is 42.5 Å². The Bertz CT molecular complexity index is 1310. The summed E-state index contributed by atoms with van der Waals surface area (Å²) in [6.07, 6.45) is 1.58.